The average molecular weight is 211 g/mol. The summed E-state index contributed by atoms with van der Waals surface area (Å²) in [4.78, 5) is 4.76. The number of hydrogen-bond acceptors (Lipinski definition) is 2. The summed E-state index contributed by atoms with van der Waals surface area (Å²) in [6.45, 7) is 3.82. The summed E-state index contributed by atoms with van der Waals surface area (Å²) in [5.74, 6) is 0. The quantitative estimate of drug-likeness (QED) is 0.756. The molecule has 2 nitrogen and oxygen atoms in total. The molecule has 0 atom stereocenters. The first-order valence-electron chi connectivity index (χ1n) is 5.04. The highest BCUT2D eigenvalue weighted by molar-refractivity contribution is 5.24. The molecule has 0 heterocycles. The predicted octanol–water partition coefficient (Wildman–Crippen LogP) is 2.63. The van der Waals surface area contributed by atoms with Crippen molar-refractivity contribution in [1.82, 2.24) is 5.48 Å². The van der Waals surface area contributed by atoms with Gasteiger partial charge < -0.3 is 4.84 Å². The molecule has 1 aromatic carbocycles. The van der Waals surface area contributed by atoms with Gasteiger partial charge in [-0.25, -0.2) is 4.39 Å². The Bertz CT molecular complexity index is 307. The minimum absolute atomic E-state index is 0.438. The summed E-state index contributed by atoms with van der Waals surface area (Å²) in [7, 11) is 1.58. The summed E-state index contributed by atoms with van der Waals surface area (Å²) in [6, 6.07) is 7.86. The van der Waals surface area contributed by atoms with Crippen molar-refractivity contribution in [1.29, 1.82) is 0 Å². The van der Waals surface area contributed by atoms with Crippen molar-refractivity contribution >= 4 is 0 Å². The molecule has 0 saturated carbocycles. The lowest BCUT2D eigenvalue weighted by Crippen LogP contribution is -2.16. The van der Waals surface area contributed by atoms with Crippen molar-refractivity contribution in [3.8, 4) is 0 Å². The van der Waals surface area contributed by atoms with Crippen LogP contribution in [0, 0.1) is 0 Å². The summed E-state index contributed by atoms with van der Waals surface area (Å²) in [6.07, 6.45) is 0.438. The second kappa shape index (κ2) is 5.24. The molecular weight excluding hydrogens is 193 g/mol. The number of hydrogen-bond donors (Lipinski definition) is 1. The molecular formula is C12H18FNO. The Hall–Kier alpha value is -0.930. The Balaban J connectivity index is 2.66. The number of alkyl halides is 1. The maximum absolute atomic E-state index is 13.4. The van der Waals surface area contributed by atoms with Crippen molar-refractivity contribution in [2.45, 2.75) is 32.5 Å². The van der Waals surface area contributed by atoms with E-state index in [9.17, 15) is 4.39 Å². The fourth-order valence-electron chi connectivity index (χ4n) is 1.49. The fourth-order valence-corrected chi connectivity index (χ4v) is 1.49. The van der Waals surface area contributed by atoms with Crippen LogP contribution >= 0.6 is 0 Å². The molecule has 15 heavy (non-hydrogen) atoms. The van der Waals surface area contributed by atoms with E-state index in [1.807, 2.05) is 24.3 Å². The molecule has 1 aromatic rings. The Morgan fingerprint density at radius 1 is 1.33 bits per heavy atom. The third-order valence-corrected chi connectivity index (χ3v) is 2.04. The monoisotopic (exact) mass is 211 g/mol. The maximum Gasteiger partial charge on any atom is 0.109 e. The molecule has 0 amide bonds. The van der Waals surface area contributed by atoms with Gasteiger partial charge >= 0.3 is 0 Å². The molecule has 0 saturated heterocycles. The lowest BCUT2D eigenvalue weighted by Gasteiger charge is -2.14. The second-order valence-corrected chi connectivity index (χ2v) is 4.24. The highest BCUT2D eigenvalue weighted by atomic mass is 19.1. The minimum Gasteiger partial charge on any atom is -0.305 e. The zero-order valence-corrected chi connectivity index (χ0v) is 9.51. The Morgan fingerprint density at radius 3 is 2.60 bits per heavy atom. The van der Waals surface area contributed by atoms with Gasteiger partial charge in [-0.3, -0.25) is 0 Å². The first-order valence-corrected chi connectivity index (χ1v) is 5.04. The van der Waals surface area contributed by atoms with Crippen LogP contribution < -0.4 is 5.48 Å². The Morgan fingerprint density at radius 2 is 2.00 bits per heavy atom. The van der Waals surface area contributed by atoms with Crippen LogP contribution in [0.4, 0.5) is 4.39 Å². The van der Waals surface area contributed by atoms with Gasteiger partial charge in [0.2, 0.25) is 0 Å². The predicted molar refractivity (Wildman–Crippen MR) is 59.2 cm³/mol. The van der Waals surface area contributed by atoms with E-state index in [1.165, 1.54) is 0 Å². The molecule has 3 heteroatoms. The van der Waals surface area contributed by atoms with Crippen molar-refractivity contribution in [3.05, 3.63) is 35.4 Å². The van der Waals surface area contributed by atoms with E-state index in [0.29, 0.717) is 13.0 Å². The summed E-state index contributed by atoms with van der Waals surface area (Å²) in [5.41, 5.74) is 3.71. The minimum atomic E-state index is -1.16. The van der Waals surface area contributed by atoms with E-state index in [-0.39, 0.29) is 0 Å². The van der Waals surface area contributed by atoms with E-state index in [1.54, 1.807) is 21.0 Å². The largest absolute Gasteiger partial charge is 0.305 e. The van der Waals surface area contributed by atoms with Crippen molar-refractivity contribution in [3.63, 3.8) is 0 Å². The van der Waals surface area contributed by atoms with Crippen LogP contribution in [0.2, 0.25) is 0 Å². The molecule has 84 valence electrons. The number of rotatable bonds is 5. The van der Waals surface area contributed by atoms with Crippen molar-refractivity contribution in [2.24, 2.45) is 0 Å². The van der Waals surface area contributed by atoms with E-state index < -0.39 is 5.67 Å². The van der Waals surface area contributed by atoms with E-state index in [2.05, 4.69) is 5.48 Å². The first-order chi connectivity index (χ1) is 7.01. The highest BCUT2D eigenvalue weighted by Crippen LogP contribution is 2.17. The summed E-state index contributed by atoms with van der Waals surface area (Å²) >= 11 is 0. The van der Waals surface area contributed by atoms with E-state index in [4.69, 9.17) is 4.84 Å². The summed E-state index contributed by atoms with van der Waals surface area (Å²) < 4.78 is 13.4. The Labute approximate surface area is 90.4 Å². The standard InChI is InChI=1S/C12H18FNO/c1-12(2,13)8-10-5-4-6-11(7-10)9-14-15-3/h4-7,14H,8-9H2,1-3H3. The molecule has 0 aliphatic heterocycles. The molecule has 0 radical (unpaired) electrons. The molecule has 0 bridgehead atoms. The molecule has 0 spiro atoms. The second-order valence-electron chi connectivity index (χ2n) is 4.24. The van der Waals surface area contributed by atoms with Gasteiger partial charge in [0, 0.05) is 13.0 Å². The third-order valence-electron chi connectivity index (χ3n) is 2.04. The van der Waals surface area contributed by atoms with Gasteiger partial charge in [-0.1, -0.05) is 24.3 Å². The average Bonchev–Trinajstić information content (AvgIpc) is 2.12. The molecule has 0 aliphatic rings. The zero-order valence-electron chi connectivity index (χ0n) is 9.51. The number of halogens is 1. The van der Waals surface area contributed by atoms with Gasteiger partial charge in [-0.15, -0.1) is 0 Å². The van der Waals surface area contributed by atoms with Gasteiger partial charge in [0.05, 0.1) is 7.11 Å². The van der Waals surface area contributed by atoms with Crippen LogP contribution in [0.1, 0.15) is 25.0 Å². The topological polar surface area (TPSA) is 21.3 Å². The van der Waals surface area contributed by atoms with Crippen LogP contribution in [0.3, 0.4) is 0 Å². The SMILES string of the molecule is CONCc1cccc(CC(C)(C)F)c1. The van der Waals surface area contributed by atoms with Crippen LogP contribution in [0.5, 0.6) is 0 Å². The molecule has 0 aliphatic carbocycles. The van der Waals surface area contributed by atoms with Gasteiger partial charge in [-0.05, 0) is 25.0 Å². The van der Waals surface area contributed by atoms with Crippen LogP contribution in [0.15, 0.2) is 24.3 Å². The smallest absolute Gasteiger partial charge is 0.109 e. The van der Waals surface area contributed by atoms with Gasteiger partial charge in [0.25, 0.3) is 0 Å². The van der Waals surface area contributed by atoms with Crippen molar-refractivity contribution < 1.29 is 9.23 Å². The first kappa shape index (κ1) is 12.1. The molecule has 0 fully saturated rings. The number of nitrogens with one attached hydrogen (secondary N) is 1. The van der Waals surface area contributed by atoms with Gasteiger partial charge in [0.15, 0.2) is 0 Å². The maximum atomic E-state index is 13.4. The molecule has 1 rings (SSSR count). The third kappa shape index (κ3) is 4.91. The van der Waals surface area contributed by atoms with Crippen molar-refractivity contribution in [2.75, 3.05) is 7.11 Å². The number of benzene rings is 1. The van der Waals surface area contributed by atoms with Crippen LogP contribution in [-0.4, -0.2) is 12.8 Å². The van der Waals surface area contributed by atoms with Crippen LogP contribution in [-0.2, 0) is 17.8 Å². The fraction of sp³-hybridized carbons (Fsp3) is 0.500. The van der Waals surface area contributed by atoms with Crippen LogP contribution in [0.25, 0.3) is 0 Å². The molecule has 1 N–H and O–H groups in total. The van der Waals surface area contributed by atoms with E-state index >= 15 is 0 Å². The van der Waals surface area contributed by atoms with Gasteiger partial charge in [-0.2, -0.15) is 5.48 Å². The van der Waals surface area contributed by atoms with E-state index in [0.717, 1.165) is 11.1 Å². The van der Waals surface area contributed by atoms with Gasteiger partial charge in [0.1, 0.15) is 5.67 Å². The number of hydroxylamine groups is 1. The lowest BCUT2D eigenvalue weighted by atomic mass is 9.99. The molecule has 0 unspecified atom stereocenters. The normalized spacial score (nSPS) is 11.7. The summed E-state index contributed by atoms with van der Waals surface area (Å²) in [5, 5.41) is 0. The lowest BCUT2D eigenvalue weighted by molar-refractivity contribution is 0.0867. The highest BCUT2D eigenvalue weighted by Gasteiger charge is 2.15. The molecule has 0 aromatic heterocycles. The Kier molecular flexibility index (Phi) is 4.24. The zero-order chi connectivity index (χ0) is 11.3.